The van der Waals surface area contributed by atoms with E-state index in [2.05, 4.69) is 55.6 Å². The van der Waals surface area contributed by atoms with Gasteiger partial charge in [0.1, 0.15) is 12.6 Å². The quantitative estimate of drug-likeness (QED) is 0.0385. The predicted molar refractivity (Wildman–Crippen MR) is 208 cm³/mol. The number of amides is 1. The van der Waals surface area contributed by atoms with E-state index in [1.165, 1.54) is 103 Å². The molecule has 2 N–H and O–H groups in total. The van der Waals surface area contributed by atoms with Crippen molar-refractivity contribution in [2.24, 2.45) is 0 Å². The molecule has 0 fully saturated rings. The molecule has 6 heteroatoms. The van der Waals surface area contributed by atoms with Gasteiger partial charge in [-0.1, -0.05) is 140 Å². The molecule has 1 unspecified atom stereocenters. The van der Waals surface area contributed by atoms with Gasteiger partial charge in [-0.25, -0.2) is 0 Å². The van der Waals surface area contributed by atoms with Gasteiger partial charge in [0.05, 0.1) is 0 Å². The second-order valence-corrected chi connectivity index (χ2v) is 13.9. The first kappa shape index (κ1) is 46.6. The van der Waals surface area contributed by atoms with Gasteiger partial charge in [0, 0.05) is 12.8 Å². The van der Waals surface area contributed by atoms with E-state index >= 15 is 0 Å². The van der Waals surface area contributed by atoms with Gasteiger partial charge < -0.3 is 15.2 Å². The molecule has 1 amide bonds. The summed E-state index contributed by atoms with van der Waals surface area (Å²) >= 11 is 0. The Bertz CT molecular complexity index is 849. The van der Waals surface area contributed by atoms with Crippen LogP contribution in [0.1, 0.15) is 206 Å². The van der Waals surface area contributed by atoms with Crippen LogP contribution < -0.4 is 5.32 Å². The van der Waals surface area contributed by atoms with Gasteiger partial charge in [0.25, 0.3) is 0 Å². The molecular weight excluding hydrogens is 610 g/mol. The fourth-order valence-corrected chi connectivity index (χ4v) is 5.96. The average molecular weight is 688 g/mol. The number of hydrogen-bond donors (Lipinski definition) is 2. The molecule has 0 rings (SSSR count). The van der Waals surface area contributed by atoms with Gasteiger partial charge in [0.15, 0.2) is 0 Å². The van der Waals surface area contributed by atoms with E-state index in [1.54, 1.807) is 0 Å². The number of allylic oxidation sites excluding steroid dienone is 6. The molecule has 0 spiro atoms. The van der Waals surface area contributed by atoms with Crippen LogP contribution in [0.25, 0.3) is 0 Å². The van der Waals surface area contributed by atoms with Crippen LogP contribution in [0, 0.1) is 0 Å². The first-order chi connectivity index (χ1) is 24.0. The van der Waals surface area contributed by atoms with E-state index in [0.717, 1.165) is 77.0 Å². The Morgan fingerprint density at radius 2 is 0.959 bits per heavy atom. The molecule has 0 saturated heterocycles. The Labute approximate surface area is 302 Å². The minimum Gasteiger partial charge on any atom is -0.480 e. The van der Waals surface area contributed by atoms with E-state index in [4.69, 9.17) is 9.84 Å². The lowest BCUT2D eigenvalue weighted by molar-refractivity contribution is -0.150. The number of ether oxygens (including phenoxy) is 1. The standard InChI is InChI=1S/C43H77NO5/c1-3-5-7-9-11-13-15-17-19-21-23-25-30-34-38-43(48)49-40(36-32-28-26-29-33-37-41(45)44-39-42(46)47)35-31-27-24-22-20-18-16-14-12-10-8-6-4-2/h15-18,22,24,40H,3-14,19-21,23,25-39H2,1-2H3,(H,44,45)(H,46,47)/b17-15-,18-16-,24-22-. The fraction of sp³-hybridized carbons (Fsp3) is 0.791. The maximum atomic E-state index is 12.7. The smallest absolute Gasteiger partial charge is 0.322 e. The van der Waals surface area contributed by atoms with Crippen LogP contribution in [-0.4, -0.2) is 35.6 Å². The molecule has 49 heavy (non-hydrogen) atoms. The molecule has 0 saturated carbocycles. The first-order valence-corrected chi connectivity index (χ1v) is 20.6. The number of esters is 1. The normalized spacial score (nSPS) is 12.4. The monoisotopic (exact) mass is 688 g/mol. The zero-order valence-corrected chi connectivity index (χ0v) is 32.0. The molecule has 0 aliphatic heterocycles. The number of carbonyl (C=O) groups is 3. The number of unbranched alkanes of at least 4 members (excludes halogenated alkanes) is 20. The zero-order chi connectivity index (χ0) is 35.9. The van der Waals surface area contributed by atoms with Gasteiger partial charge in [-0.15, -0.1) is 0 Å². The second kappa shape index (κ2) is 38.4. The lowest BCUT2D eigenvalue weighted by Gasteiger charge is -2.18. The van der Waals surface area contributed by atoms with Crippen LogP contribution in [0.2, 0.25) is 0 Å². The highest BCUT2D eigenvalue weighted by Crippen LogP contribution is 2.18. The summed E-state index contributed by atoms with van der Waals surface area (Å²) in [6.07, 6.45) is 46.9. The van der Waals surface area contributed by atoms with Crippen LogP contribution in [0.3, 0.4) is 0 Å². The van der Waals surface area contributed by atoms with E-state index in [9.17, 15) is 14.4 Å². The topological polar surface area (TPSA) is 92.7 Å². The number of carbonyl (C=O) groups excluding carboxylic acids is 2. The molecule has 6 nitrogen and oxygen atoms in total. The van der Waals surface area contributed by atoms with E-state index in [0.29, 0.717) is 12.8 Å². The largest absolute Gasteiger partial charge is 0.480 e. The van der Waals surface area contributed by atoms with Crippen molar-refractivity contribution in [1.29, 1.82) is 0 Å². The van der Waals surface area contributed by atoms with Gasteiger partial charge in [-0.2, -0.15) is 0 Å². The van der Waals surface area contributed by atoms with Gasteiger partial charge >= 0.3 is 11.9 Å². The summed E-state index contributed by atoms with van der Waals surface area (Å²) < 4.78 is 5.99. The third-order valence-corrected chi connectivity index (χ3v) is 9.03. The number of nitrogens with one attached hydrogen (secondary N) is 1. The molecule has 0 aromatic heterocycles. The summed E-state index contributed by atoms with van der Waals surface area (Å²) in [6, 6.07) is 0. The molecule has 1 atom stereocenters. The molecular formula is C43H77NO5. The highest BCUT2D eigenvalue weighted by molar-refractivity contribution is 5.80. The summed E-state index contributed by atoms with van der Waals surface area (Å²) in [5, 5.41) is 11.1. The number of carboxylic acid groups (broad SMARTS) is 1. The van der Waals surface area contributed by atoms with Gasteiger partial charge in [-0.3, -0.25) is 14.4 Å². The molecule has 0 aliphatic carbocycles. The number of rotatable bonds is 37. The Kier molecular flexibility index (Phi) is 36.6. The molecule has 0 heterocycles. The molecule has 0 aromatic rings. The summed E-state index contributed by atoms with van der Waals surface area (Å²) in [5.41, 5.74) is 0. The van der Waals surface area contributed by atoms with Crippen LogP contribution >= 0.6 is 0 Å². The highest BCUT2D eigenvalue weighted by Gasteiger charge is 2.14. The Balaban J connectivity index is 4.27. The number of hydrogen-bond acceptors (Lipinski definition) is 4. The zero-order valence-electron chi connectivity index (χ0n) is 32.0. The summed E-state index contributed by atoms with van der Waals surface area (Å²) in [5.74, 6) is -1.27. The number of aliphatic carboxylic acids is 1. The van der Waals surface area contributed by atoms with Crippen LogP contribution in [0.15, 0.2) is 36.5 Å². The predicted octanol–water partition coefficient (Wildman–Crippen LogP) is 12.5. The van der Waals surface area contributed by atoms with Gasteiger partial charge in [0.2, 0.25) is 5.91 Å². The van der Waals surface area contributed by atoms with E-state index < -0.39 is 5.97 Å². The molecule has 0 bridgehead atoms. The van der Waals surface area contributed by atoms with Crippen molar-refractivity contribution in [2.45, 2.75) is 213 Å². The van der Waals surface area contributed by atoms with Crippen molar-refractivity contribution in [3.8, 4) is 0 Å². The fourth-order valence-electron chi connectivity index (χ4n) is 5.96. The summed E-state index contributed by atoms with van der Waals surface area (Å²) in [4.78, 5) is 35.0. The molecule has 0 aliphatic rings. The van der Waals surface area contributed by atoms with Crippen molar-refractivity contribution < 1.29 is 24.2 Å². The van der Waals surface area contributed by atoms with Gasteiger partial charge in [-0.05, 0) is 89.9 Å². The van der Waals surface area contributed by atoms with Crippen LogP contribution in [0.5, 0.6) is 0 Å². The van der Waals surface area contributed by atoms with Crippen LogP contribution in [-0.2, 0) is 19.1 Å². The Morgan fingerprint density at radius 3 is 1.51 bits per heavy atom. The van der Waals surface area contributed by atoms with Crippen molar-refractivity contribution >= 4 is 17.8 Å². The maximum absolute atomic E-state index is 12.7. The molecule has 0 aromatic carbocycles. The lowest BCUT2D eigenvalue weighted by atomic mass is 10.0. The Morgan fingerprint density at radius 1 is 0.531 bits per heavy atom. The summed E-state index contributed by atoms with van der Waals surface area (Å²) in [7, 11) is 0. The maximum Gasteiger partial charge on any atom is 0.322 e. The third kappa shape index (κ3) is 38.3. The lowest BCUT2D eigenvalue weighted by Crippen LogP contribution is -2.28. The minimum atomic E-state index is -1.02. The average Bonchev–Trinajstić information content (AvgIpc) is 3.08. The highest BCUT2D eigenvalue weighted by atomic mass is 16.5. The van der Waals surface area contributed by atoms with E-state index in [-0.39, 0.29) is 24.5 Å². The Hall–Kier alpha value is -2.37. The minimum absolute atomic E-state index is 0.0197. The van der Waals surface area contributed by atoms with Crippen LogP contribution in [0.4, 0.5) is 0 Å². The van der Waals surface area contributed by atoms with Crippen molar-refractivity contribution in [1.82, 2.24) is 5.32 Å². The van der Waals surface area contributed by atoms with Crippen molar-refractivity contribution in [3.63, 3.8) is 0 Å². The molecule has 0 radical (unpaired) electrons. The number of carboxylic acids is 1. The first-order valence-electron chi connectivity index (χ1n) is 20.6. The van der Waals surface area contributed by atoms with E-state index in [1.807, 2.05) is 0 Å². The SMILES string of the molecule is CCCCCCC/C=C\C/C=C\CCCC(CCCCCCCC(=O)NCC(=O)O)OC(=O)CCCCCCC/C=C\CCCCCCC. The summed E-state index contributed by atoms with van der Waals surface area (Å²) in [6.45, 7) is 4.20. The third-order valence-electron chi connectivity index (χ3n) is 9.03. The second-order valence-electron chi connectivity index (χ2n) is 13.9. The van der Waals surface area contributed by atoms with Crippen molar-refractivity contribution in [3.05, 3.63) is 36.5 Å². The molecule has 284 valence electrons. The van der Waals surface area contributed by atoms with Crippen molar-refractivity contribution in [2.75, 3.05) is 6.54 Å².